The summed E-state index contributed by atoms with van der Waals surface area (Å²) >= 11 is 0. The minimum absolute atomic E-state index is 0.0293. The van der Waals surface area contributed by atoms with Crippen LogP contribution in [0.4, 0.5) is 5.69 Å². The van der Waals surface area contributed by atoms with E-state index in [1.165, 1.54) is 25.1 Å². The molecule has 2 aromatic carbocycles. The van der Waals surface area contributed by atoms with E-state index in [1.54, 1.807) is 31.2 Å². The molecular formula is C18H17NO6. The number of carbonyl (C=O) groups is 2. The Morgan fingerprint density at radius 1 is 1.16 bits per heavy atom. The molecule has 0 amide bonds. The van der Waals surface area contributed by atoms with Crippen molar-refractivity contribution in [1.29, 1.82) is 0 Å². The number of hydrogen-bond acceptors (Lipinski definition) is 6. The fraction of sp³-hybridized carbons (Fsp3) is 0.222. The number of esters is 1. The number of Topliss-reactive ketones (excluding diaryl/α,β-unsaturated/α-hetero) is 1. The van der Waals surface area contributed by atoms with Crippen LogP contribution in [0, 0.1) is 10.1 Å². The quantitative estimate of drug-likeness (QED) is 0.330. The van der Waals surface area contributed by atoms with E-state index in [4.69, 9.17) is 9.47 Å². The highest BCUT2D eigenvalue weighted by Crippen LogP contribution is 2.25. The SMILES string of the molecule is CCOC(=O)c1cccc(COc2ccc(C(C)=O)c([N+](=O)[O-])c2)c1. The first-order valence-electron chi connectivity index (χ1n) is 7.60. The largest absolute Gasteiger partial charge is 0.489 e. The summed E-state index contributed by atoms with van der Waals surface area (Å²) in [5, 5.41) is 11.1. The minimum atomic E-state index is -0.620. The van der Waals surface area contributed by atoms with Gasteiger partial charge in [-0.25, -0.2) is 4.79 Å². The van der Waals surface area contributed by atoms with Gasteiger partial charge in [0.1, 0.15) is 12.4 Å². The molecule has 7 heteroatoms. The summed E-state index contributed by atoms with van der Waals surface area (Å²) in [5.41, 5.74) is 0.844. The molecule has 0 radical (unpaired) electrons. The Morgan fingerprint density at radius 3 is 2.56 bits per heavy atom. The fourth-order valence-corrected chi connectivity index (χ4v) is 2.22. The van der Waals surface area contributed by atoms with Crippen LogP contribution < -0.4 is 4.74 Å². The zero-order valence-electron chi connectivity index (χ0n) is 13.9. The van der Waals surface area contributed by atoms with E-state index in [0.29, 0.717) is 11.1 Å². The molecular weight excluding hydrogens is 326 g/mol. The van der Waals surface area contributed by atoms with E-state index in [9.17, 15) is 19.7 Å². The Labute approximate surface area is 144 Å². The number of hydrogen-bond donors (Lipinski definition) is 0. The van der Waals surface area contributed by atoms with Crippen LogP contribution >= 0.6 is 0 Å². The summed E-state index contributed by atoms with van der Waals surface area (Å²) in [6.45, 7) is 3.39. The summed E-state index contributed by atoms with van der Waals surface area (Å²) < 4.78 is 10.5. The van der Waals surface area contributed by atoms with Gasteiger partial charge in [0.2, 0.25) is 0 Å². The molecule has 2 aromatic rings. The molecule has 0 heterocycles. The van der Waals surface area contributed by atoms with Gasteiger partial charge in [0.15, 0.2) is 5.78 Å². The molecule has 0 aliphatic rings. The summed E-state index contributed by atoms with van der Waals surface area (Å²) in [6, 6.07) is 10.8. The average Bonchev–Trinajstić information content (AvgIpc) is 2.60. The number of nitro benzene ring substituents is 1. The van der Waals surface area contributed by atoms with Gasteiger partial charge in [-0.05, 0) is 43.7 Å². The number of nitro groups is 1. The lowest BCUT2D eigenvalue weighted by Gasteiger charge is -2.09. The van der Waals surface area contributed by atoms with Gasteiger partial charge in [0.05, 0.1) is 28.7 Å². The zero-order valence-corrected chi connectivity index (χ0v) is 13.9. The van der Waals surface area contributed by atoms with Crippen LogP contribution in [-0.4, -0.2) is 23.3 Å². The van der Waals surface area contributed by atoms with Crippen molar-refractivity contribution in [2.45, 2.75) is 20.5 Å². The number of benzene rings is 2. The van der Waals surface area contributed by atoms with Crippen molar-refractivity contribution < 1.29 is 24.0 Å². The lowest BCUT2D eigenvalue weighted by atomic mass is 10.1. The predicted molar refractivity (Wildman–Crippen MR) is 89.8 cm³/mol. The normalized spacial score (nSPS) is 10.2. The molecule has 0 N–H and O–H groups in total. The Hall–Kier alpha value is -3.22. The molecule has 0 aliphatic heterocycles. The van der Waals surface area contributed by atoms with E-state index in [0.717, 1.165) is 0 Å². The van der Waals surface area contributed by atoms with E-state index in [2.05, 4.69) is 0 Å². The molecule has 0 fully saturated rings. The molecule has 0 saturated carbocycles. The number of ketones is 1. The van der Waals surface area contributed by atoms with Crippen molar-refractivity contribution in [3.63, 3.8) is 0 Å². The van der Waals surface area contributed by atoms with E-state index < -0.39 is 10.9 Å². The van der Waals surface area contributed by atoms with Crippen LogP contribution in [0.1, 0.15) is 40.1 Å². The molecule has 0 bridgehead atoms. The van der Waals surface area contributed by atoms with Crippen LogP contribution in [0.2, 0.25) is 0 Å². The smallest absolute Gasteiger partial charge is 0.338 e. The zero-order chi connectivity index (χ0) is 18.4. The van der Waals surface area contributed by atoms with Crippen molar-refractivity contribution in [2.24, 2.45) is 0 Å². The van der Waals surface area contributed by atoms with Crippen LogP contribution in [0.3, 0.4) is 0 Å². The summed E-state index contributed by atoms with van der Waals surface area (Å²) in [6.07, 6.45) is 0. The molecule has 0 saturated heterocycles. The number of ether oxygens (including phenoxy) is 2. The van der Waals surface area contributed by atoms with Gasteiger partial charge in [0, 0.05) is 0 Å². The number of carbonyl (C=O) groups excluding carboxylic acids is 2. The van der Waals surface area contributed by atoms with Crippen LogP contribution in [-0.2, 0) is 11.3 Å². The fourth-order valence-electron chi connectivity index (χ4n) is 2.22. The van der Waals surface area contributed by atoms with Crippen molar-refractivity contribution in [1.82, 2.24) is 0 Å². The second kappa shape index (κ2) is 8.05. The van der Waals surface area contributed by atoms with Gasteiger partial charge in [-0.2, -0.15) is 0 Å². The Morgan fingerprint density at radius 2 is 1.92 bits per heavy atom. The van der Waals surface area contributed by atoms with E-state index >= 15 is 0 Å². The lowest BCUT2D eigenvalue weighted by molar-refractivity contribution is -0.385. The maximum Gasteiger partial charge on any atom is 0.338 e. The second-order valence-corrected chi connectivity index (χ2v) is 5.20. The third kappa shape index (κ3) is 4.63. The molecule has 0 aromatic heterocycles. The van der Waals surface area contributed by atoms with E-state index in [1.807, 2.05) is 0 Å². The highest BCUT2D eigenvalue weighted by atomic mass is 16.6. The average molecular weight is 343 g/mol. The highest BCUT2D eigenvalue weighted by molar-refractivity contribution is 5.98. The molecule has 7 nitrogen and oxygen atoms in total. The third-order valence-corrected chi connectivity index (χ3v) is 3.39. The molecule has 25 heavy (non-hydrogen) atoms. The topological polar surface area (TPSA) is 95.7 Å². The monoisotopic (exact) mass is 343 g/mol. The molecule has 130 valence electrons. The van der Waals surface area contributed by atoms with Crippen molar-refractivity contribution in [3.05, 3.63) is 69.3 Å². The Bertz CT molecular complexity index is 815. The first kappa shape index (κ1) is 18.1. The lowest BCUT2D eigenvalue weighted by Crippen LogP contribution is -2.06. The summed E-state index contributed by atoms with van der Waals surface area (Å²) in [5.74, 6) is -0.551. The van der Waals surface area contributed by atoms with Crippen molar-refractivity contribution in [3.8, 4) is 5.75 Å². The van der Waals surface area contributed by atoms with Gasteiger partial charge >= 0.3 is 5.97 Å². The first-order valence-corrected chi connectivity index (χ1v) is 7.60. The Kier molecular flexibility index (Phi) is 5.84. The standard InChI is InChI=1S/C18H17NO6/c1-3-24-18(21)14-6-4-5-13(9-14)11-25-15-7-8-16(12(2)20)17(10-15)19(22)23/h4-10H,3,11H2,1-2H3. The maximum absolute atomic E-state index is 11.7. The molecule has 0 spiro atoms. The molecule has 0 aliphatic carbocycles. The first-order chi connectivity index (χ1) is 11.9. The van der Waals surface area contributed by atoms with Crippen LogP contribution in [0.25, 0.3) is 0 Å². The van der Waals surface area contributed by atoms with Crippen molar-refractivity contribution in [2.75, 3.05) is 6.61 Å². The summed E-state index contributed by atoms with van der Waals surface area (Å²) in [4.78, 5) is 33.6. The van der Waals surface area contributed by atoms with Crippen LogP contribution in [0.5, 0.6) is 5.75 Å². The van der Waals surface area contributed by atoms with Gasteiger partial charge in [-0.3, -0.25) is 14.9 Å². The highest BCUT2D eigenvalue weighted by Gasteiger charge is 2.18. The minimum Gasteiger partial charge on any atom is -0.489 e. The van der Waals surface area contributed by atoms with Gasteiger partial charge in [-0.15, -0.1) is 0 Å². The summed E-state index contributed by atoms with van der Waals surface area (Å²) in [7, 11) is 0. The number of nitrogens with zero attached hydrogens (tertiary/aromatic N) is 1. The van der Waals surface area contributed by atoms with E-state index in [-0.39, 0.29) is 36.0 Å². The van der Waals surface area contributed by atoms with Crippen LogP contribution in [0.15, 0.2) is 42.5 Å². The van der Waals surface area contributed by atoms with Crippen molar-refractivity contribution >= 4 is 17.4 Å². The number of rotatable bonds is 7. The third-order valence-electron chi connectivity index (χ3n) is 3.39. The maximum atomic E-state index is 11.7. The Balaban J connectivity index is 2.15. The second-order valence-electron chi connectivity index (χ2n) is 5.20. The van der Waals surface area contributed by atoms with Gasteiger partial charge in [0.25, 0.3) is 5.69 Å². The molecule has 2 rings (SSSR count). The van der Waals surface area contributed by atoms with Gasteiger partial charge in [-0.1, -0.05) is 12.1 Å². The predicted octanol–water partition coefficient (Wildman–Crippen LogP) is 3.55. The molecule has 0 unspecified atom stereocenters. The van der Waals surface area contributed by atoms with Gasteiger partial charge < -0.3 is 9.47 Å². The molecule has 0 atom stereocenters.